The van der Waals surface area contributed by atoms with Crippen molar-refractivity contribution in [3.05, 3.63) is 23.8 Å². The molecule has 134 valence electrons. The van der Waals surface area contributed by atoms with Crippen LogP contribution in [0.2, 0.25) is 0 Å². The first-order valence-electron chi connectivity index (χ1n) is 9.80. The third-order valence-corrected chi connectivity index (χ3v) is 8.60. The van der Waals surface area contributed by atoms with Crippen molar-refractivity contribution in [3.63, 3.8) is 0 Å². The van der Waals surface area contributed by atoms with Gasteiger partial charge in [-0.15, -0.1) is 0 Å². The fourth-order valence-corrected chi connectivity index (χ4v) is 7.36. The van der Waals surface area contributed by atoms with Crippen LogP contribution in [0.4, 0.5) is 0 Å². The van der Waals surface area contributed by atoms with Crippen LogP contribution < -0.4 is 0 Å². The minimum atomic E-state index is 0. The Hall–Kier alpha value is -0.850. The molecule has 4 aliphatic rings. The summed E-state index contributed by atoms with van der Waals surface area (Å²) in [5.74, 6) is 3.23. The minimum Gasteiger partial charge on any atom is -0.310 e. The summed E-state index contributed by atoms with van der Waals surface area (Å²) in [5, 5.41) is 8.26. The van der Waals surface area contributed by atoms with E-state index in [4.69, 9.17) is 5.41 Å². The highest BCUT2D eigenvalue weighted by atomic mass is 14.6. The van der Waals surface area contributed by atoms with E-state index in [0.717, 1.165) is 23.5 Å². The first-order valence-corrected chi connectivity index (χ1v) is 9.80. The highest BCUT2D eigenvalue weighted by Crippen LogP contribution is 2.66. The zero-order valence-electron chi connectivity index (χ0n) is 15.3. The molecule has 6 atom stereocenters. The smallest absolute Gasteiger partial charge is 0.00946 e. The molecular weight excluding hydrogens is 290 g/mol. The van der Waals surface area contributed by atoms with Crippen LogP contribution in [0.5, 0.6) is 0 Å². The van der Waals surface area contributed by atoms with Crippen molar-refractivity contribution in [2.75, 3.05) is 0 Å². The Morgan fingerprint density at radius 3 is 2.54 bits per heavy atom. The molecule has 0 bridgehead atoms. The highest BCUT2D eigenvalue weighted by molar-refractivity contribution is 5.82. The van der Waals surface area contributed by atoms with Crippen molar-refractivity contribution in [1.29, 1.82) is 5.41 Å². The largest absolute Gasteiger partial charge is 0.310 e. The van der Waals surface area contributed by atoms with Crippen LogP contribution in [0.3, 0.4) is 0 Å². The molecule has 1 heteroatoms. The molecule has 4 rings (SSSR count). The number of allylic oxidation sites excluding steroid dienone is 3. The van der Waals surface area contributed by atoms with E-state index in [-0.39, 0.29) is 7.43 Å². The van der Waals surface area contributed by atoms with Crippen LogP contribution in [-0.2, 0) is 0 Å². The normalized spacial score (nSPS) is 47.0. The summed E-state index contributed by atoms with van der Waals surface area (Å²) < 4.78 is 0. The number of rotatable bonds is 1. The minimum absolute atomic E-state index is 0. The summed E-state index contributed by atoms with van der Waals surface area (Å²) >= 11 is 0. The average molecular weight is 328 g/mol. The van der Waals surface area contributed by atoms with Crippen LogP contribution in [0, 0.1) is 39.9 Å². The van der Waals surface area contributed by atoms with Gasteiger partial charge in [0, 0.05) is 11.6 Å². The van der Waals surface area contributed by atoms with Gasteiger partial charge in [0.2, 0.25) is 0 Å². The van der Waals surface area contributed by atoms with Crippen LogP contribution in [0.15, 0.2) is 23.8 Å². The predicted molar refractivity (Wildman–Crippen MR) is 104 cm³/mol. The fourth-order valence-electron chi connectivity index (χ4n) is 7.36. The molecule has 0 heterocycles. The van der Waals surface area contributed by atoms with E-state index < -0.39 is 0 Å². The maximum atomic E-state index is 8.26. The molecule has 1 N–H and O–H groups in total. The van der Waals surface area contributed by atoms with Gasteiger partial charge in [0.25, 0.3) is 0 Å². The first-order chi connectivity index (χ1) is 10.9. The zero-order chi connectivity index (χ0) is 16.4. The van der Waals surface area contributed by atoms with Crippen LogP contribution >= 0.6 is 0 Å². The number of fused-ring (bicyclic) bond motifs is 5. The predicted octanol–water partition coefficient (Wildman–Crippen LogP) is 6.80. The van der Waals surface area contributed by atoms with Gasteiger partial charge < -0.3 is 5.41 Å². The Balaban J connectivity index is 0.00000169. The van der Waals surface area contributed by atoms with Gasteiger partial charge in [0.15, 0.2) is 0 Å². The Morgan fingerprint density at radius 2 is 1.83 bits per heavy atom. The van der Waals surface area contributed by atoms with Gasteiger partial charge in [0.05, 0.1) is 0 Å². The summed E-state index contributed by atoms with van der Waals surface area (Å²) in [6, 6.07) is 0. The number of hydrogen-bond donors (Lipinski definition) is 1. The van der Waals surface area contributed by atoms with Crippen molar-refractivity contribution in [3.8, 4) is 0 Å². The second-order valence-electron chi connectivity index (χ2n) is 9.52. The van der Waals surface area contributed by atoms with Gasteiger partial charge >= 0.3 is 0 Å². The Kier molecular flexibility index (Phi) is 4.38. The van der Waals surface area contributed by atoms with E-state index in [2.05, 4.69) is 33.4 Å². The molecule has 0 aromatic rings. The number of hydrogen-bond acceptors (Lipinski definition) is 1. The second kappa shape index (κ2) is 5.85. The van der Waals surface area contributed by atoms with Crippen molar-refractivity contribution in [1.82, 2.24) is 0 Å². The van der Waals surface area contributed by atoms with E-state index in [9.17, 15) is 0 Å². The topological polar surface area (TPSA) is 23.9 Å². The molecule has 0 aromatic heterocycles. The number of nitrogens with one attached hydrogen (secondary N) is 1. The van der Waals surface area contributed by atoms with E-state index in [1.807, 2.05) is 0 Å². The second-order valence-corrected chi connectivity index (χ2v) is 9.52. The summed E-state index contributed by atoms with van der Waals surface area (Å²) in [5.41, 5.74) is 4.89. The Labute approximate surface area is 149 Å². The van der Waals surface area contributed by atoms with Crippen LogP contribution in [0.25, 0.3) is 0 Å². The molecule has 0 aliphatic heterocycles. The Morgan fingerprint density at radius 1 is 1.08 bits per heavy atom. The van der Waals surface area contributed by atoms with Gasteiger partial charge in [-0.25, -0.2) is 0 Å². The molecule has 4 aliphatic carbocycles. The lowest BCUT2D eigenvalue weighted by Crippen LogP contribution is -2.50. The van der Waals surface area contributed by atoms with Gasteiger partial charge in [0.1, 0.15) is 0 Å². The lowest BCUT2D eigenvalue weighted by atomic mass is 9.46. The maximum Gasteiger partial charge on any atom is 0.00946 e. The SMILES string of the molecule is C.C=C1C=C2CCC3C(CCC4(C)C(C(C)=N)CCC34)C2(C)CC1. The maximum absolute atomic E-state index is 8.26. The van der Waals surface area contributed by atoms with E-state index in [0.29, 0.717) is 16.7 Å². The molecular formula is C23H37N. The quantitative estimate of drug-likeness (QED) is 0.512. The summed E-state index contributed by atoms with van der Waals surface area (Å²) in [7, 11) is 0. The molecule has 24 heavy (non-hydrogen) atoms. The fraction of sp³-hybridized carbons (Fsp3) is 0.783. The third kappa shape index (κ3) is 2.30. The molecule has 1 nitrogen and oxygen atoms in total. The van der Waals surface area contributed by atoms with E-state index >= 15 is 0 Å². The summed E-state index contributed by atoms with van der Waals surface area (Å²) in [6.07, 6.45) is 13.1. The molecule has 0 amide bonds. The van der Waals surface area contributed by atoms with Gasteiger partial charge in [-0.05, 0) is 86.9 Å². The molecule has 3 fully saturated rings. The lowest BCUT2D eigenvalue weighted by Gasteiger charge is -2.58. The van der Waals surface area contributed by atoms with Gasteiger partial charge in [-0.3, -0.25) is 0 Å². The van der Waals surface area contributed by atoms with Crippen molar-refractivity contribution < 1.29 is 0 Å². The highest BCUT2D eigenvalue weighted by Gasteiger charge is 2.58. The molecule has 0 radical (unpaired) electrons. The Bertz CT molecular complexity index is 585. The molecule has 0 aromatic carbocycles. The molecule has 6 unspecified atom stereocenters. The summed E-state index contributed by atoms with van der Waals surface area (Å²) in [4.78, 5) is 0. The monoisotopic (exact) mass is 327 g/mol. The summed E-state index contributed by atoms with van der Waals surface area (Å²) in [6.45, 7) is 11.4. The first kappa shape index (κ1) is 18.0. The van der Waals surface area contributed by atoms with Crippen molar-refractivity contribution >= 4 is 5.71 Å². The third-order valence-electron chi connectivity index (χ3n) is 8.60. The van der Waals surface area contributed by atoms with Gasteiger partial charge in [-0.2, -0.15) is 0 Å². The van der Waals surface area contributed by atoms with Crippen LogP contribution in [-0.4, -0.2) is 5.71 Å². The van der Waals surface area contributed by atoms with Crippen molar-refractivity contribution in [2.24, 2.45) is 34.5 Å². The van der Waals surface area contributed by atoms with Gasteiger partial charge in [-0.1, -0.05) is 45.1 Å². The van der Waals surface area contributed by atoms with Crippen LogP contribution in [0.1, 0.15) is 79.6 Å². The molecule has 0 spiro atoms. The molecule has 0 saturated heterocycles. The zero-order valence-corrected chi connectivity index (χ0v) is 15.3. The average Bonchev–Trinajstić information content (AvgIpc) is 2.85. The molecule has 3 saturated carbocycles. The lowest BCUT2D eigenvalue weighted by molar-refractivity contribution is -0.0417. The standard InChI is InChI=1S/C22H33N.CH4/c1-14-9-11-21(3)16(13-14)5-6-17-19-8-7-18(15(2)23)22(19,4)12-10-20(17)21;/h13,17-20,23H,1,5-12H2,2-4H3;1H4. The van der Waals surface area contributed by atoms with E-state index in [1.54, 1.807) is 5.57 Å². The van der Waals surface area contributed by atoms with E-state index in [1.165, 1.54) is 56.9 Å². The van der Waals surface area contributed by atoms with Crippen molar-refractivity contribution in [2.45, 2.75) is 79.6 Å².